The van der Waals surface area contributed by atoms with Gasteiger partial charge in [-0.1, -0.05) is 29.8 Å². The first-order chi connectivity index (χ1) is 11.2. The Bertz CT molecular complexity index is 807. The van der Waals surface area contributed by atoms with Gasteiger partial charge in [0, 0.05) is 12.1 Å². The van der Waals surface area contributed by atoms with Crippen LogP contribution in [0.1, 0.15) is 30.1 Å². The maximum Gasteiger partial charge on any atom is 0.337 e. The average molecular weight is 374 g/mol. The lowest BCUT2D eigenvalue weighted by molar-refractivity contribution is 0.0696. The zero-order valence-electron chi connectivity index (χ0n) is 12.9. The van der Waals surface area contributed by atoms with Gasteiger partial charge in [0.15, 0.2) is 0 Å². The summed E-state index contributed by atoms with van der Waals surface area (Å²) in [6.07, 6.45) is 6.04. The van der Waals surface area contributed by atoms with E-state index in [0.717, 1.165) is 6.07 Å². The summed E-state index contributed by atoms with van der Waals surface area (Å²) < 4.78 is 41.4. The van der Waals surface area contributed by atoms with Gasteiger partial charge in [-0.2, -0.15) is 4.31 Å². The molecule has 1 N–H and O–H groups in total. The zero-order chi connectivity index (χ0) is 18.1. The van der Waals surface area contributed by atoms with E-state index in [1.165, 1.54) is 4.31 Å². The van der Waals surface area contributed by atoms with Crippen molar-refractivity contribution in [1.29, 1.82) is 0 Å². The lowest BCUT2D eigenvalue weighted by Gasteiger charge is -2.36. The number of hydrogen-bond acceptors (Lipinski definition) is 3. The smallest absolute Gasteiger partial charge is 0.337 e. The number of halogens is 2. The number of carboxylic acids is 1. The third-order valence-electron chi connectivity index (χ3n) is 3.83. The van der Waals surface area contributed by atoms with Crippen LogP contribution in [0.4, 0.5) is 4.39 Å². The molecule has 1 aliphatic rings. The Morgan fingerprint density at radius 1 is 1.54 bits per heavy atom. The Hall–Kier alpha value is -1.70. The standard InChI is InChI=1S/C16H17ClFNO4S/c1-3-5-11-7-4-6-10(2)19(11)24(22,23)15-8-12(16(20)21)13(17)9-14(15)18/h3-4,6,8-11H,1,5,7H2,2H3,(H,20,21)/t10-,11-/m1/s1. The summed E-state index contributed by atoms with van der Waals surface area (Å²) in [6.45, 7) is 5.30. The largest absolute Gasteiger partial charge is 0.478 e. The molecule has 130 valence electrons. The van der Waals surface area contributed by atoms with E-state index >= 15 is 0 Å². The predicted octanol–water partition coefficient (Wildman–Crippen LogP) is 3.46. The van der Waals surface area contributed by atoms with Gasteiger partial charge >= 0.3 is 5.97 Å². The number of nitrogens with zero attached hydrogens (tertiary/aromatic N) is 1. The fraction of sp³-hybridized carbons (Fsp3) is 0.312. The summed E-state index contributed by atoms with van der Waals surface area (Å²) in [5.74, 6) is -2.50. The van der Waals surface area contributed by atoms with E-state index in [9.17, 15) is 17.6 Å². The van der Waals surface area contributed by atoms with Gasteiger partial charge in [-0.15, -0.1) is 6.58 Å². The number of carboxylic acid groups (broad SMARTS) is 1. The summed E-state index contributed by atoms with van der Waals surface area (Å²) in [5.41, 5.74) is -0.461. The second-order valence-electron chi connectivity index (χ2n) is 5.49. The maximum atomic E-state index is 14.3. The lowest BCUT2D eigenvalue weighted by Crippen LogP contribution is -2.47. The van der Waals surface area contributed by atoms with Gasteiger partial charge in [0.05, 0.1) is 10.6 Å². The van der Waals surface area contributed by atoms with Crippen molar-refractivity contribution in [3.8, 4) is 0 Å². The van der Waals surface area contributed by atoms with Crippen molar-refractivity contribution in [1.82, 2.24) is 4.31 Å². The Balaban J connectivity index is 2.61. The Kier molecular flexibility index (Phi) is 5.47. The first-order valence-electron chi connectivity index (χ1n) is 7.23. The monoisotopic (exact) mass is 373 g/mol. The summed E-state index contributed by atoms with van der Waals surface area (Å²) >= 11 is 5.69. The van der Waals surface area contributed by atoms with E-state index in [1.54, 1.807) is 19.1 Å². The second-order valence-corrected chi connectivity index (χ2v) is 7.70. The predicted molar refractivity (Wildman–Crippen MR) is 89.2 cm³/mol. The van der Waals surface area contributed by atoms with Crippen molar-refractivity contribution >= 4 is 27.6 Å². The normalized spacial score (nSPS) is 21.6. The van der Waals surface area contributed by atoms with Gasteiger partial charge < -0.3 is 5.11 Å². The zero-order valence-corrected chi connectivity index (χ0v) is 14.5. The second kappa shape index (κ2) is 7.04. The third-order valence-corrected chi connectivity index (χ3v) is 6.20. The SMILES string of the molecule is C=CC[C@@H]1CC=C[C@@H](C)N1S(=O)(=O)c1cc(C(=O)O)c(Cl)cc1F. The van der Waals surface area contributed by atoms with Crippen molar-refractivity contribution in [2.24, 2.45) is 0 Å². The molecule has 1 aromatic rings. The molecule has 1 aromatic carbocycles. The molecule has 0 fully saturated rings. The molecule has 0 saturated heterocycles. The fourth-order valence-electron chi connectivity index (χ4n) is 2.77. The molecule has 5 nitrogen and oxygen atoms in total. The quantitative estimate of drug-likeness (QED) is 0.802. The third kappa shape index (κ3) is 3.38. The Morgan fingerprint density at radius 3 is 2.79 bits per heavy atom. The minimum atomic E-state index is -4.25. The van der Waals surface area contributed by atoms with E-state index in [4.69, 9.17) is 16.7 Å². The fourth-order valence-corrected chi connectivity index (χ4v) is 4.87. The Morgan fingerprint density at radius 2 is 2.21 bits per heavy atom. The highest BCUT2D eigenvalue weighted by molar-refractivity contribution is 7.89. The molecule has 0 amide bonds. The molecule has 24 heavy (non-hydrogen) atoms. The minimum absolute atomic E-state index is 0.354. The highest BCUT2D eigenvalue weighted by Gasteiger charge is 2.37. The van der Waals surface area contributed by atoms with Gasteiger partial charge in [-0.25, -0.2) is 17.6 Å². The molecule has 0 spiro atoms. The van der Waals surface area contributed by atoms with E-state index in [2.05, 4.69) is 6.58 Å². The number of aromatic carboxylic acids is 1. The minimum Gasteiger partial charge on any atom is -0.478 e. The molecule has 0 bridgehead atoms. The molecule has 2 rings (SSSR count). The van der Waals surface area contributed by atoms with Crippen LogP contribution in [0.15, 0.2) is 41.8 Å². The van der Waals surface area contributed by atoms with Crippen LogP contribution < -0.4 is 0 Å². The summed E-state index contributed by atoms with van der Waals surface area (Å²) in [6, 6.07) is 0.587. The van der Waals surface area contributed by atoms with Crippen molar-refractivity contribution in [3.05, 3.63) is 53.3 Å². The van der Waals surface area contributed by atoms with Crippen molar-refractivity contribution in [3.63, 3.8) is 0 Å². The Labute approximate surface area is 145 Å². The van der Waals surface area contributed by atoms with E-state index in [-0.39, 0.29) is 5.02 Å². The van der Waals surface area contributed by atoms with Gasteiger partial charge in [0.2, 0.25) is 10.0 Å². The van der Waals surface area contributed by atoms with Crippen molar-refractivity contribution in [2.75, 3.05) is 0 Å². The number of hydrogen-bond donors (Lipinski definition) is 1. The van der Waals surface area contributed by atoms with Gasteiger partial charge in [-0.05, 0) is 31.9 Å². The first kappa shape index (κ1) is 18.6. The lowest BCUT2D eigenvalue weighted by atomic mass is 10.0. The maximum absolute atomic E-state index is 14.3. The van der Waals surface area contributed by atoms with E-state index in [0.29, 0.717) is 18.9 Å². The number of benzene rings is 1. The molecule has 0 radical (unpaired) electrons. The van der Waals surface area contributed by atoms with Crippen LogP contribution in [-0.4, -0.2) is 35.9 Å². The topological polar surface area (TPSA) is 74.7 Å². The van der Waals surface area contributed by atoms with Crippen LogP contribution in [0, 0.1) is 5.82 Å². The highest BCUT2D eigenvalue weighted by atomic mass is 35.5. The van der Waals surface area contributed by atoms with Crippen LogP contribution in [0.2, 0.25) is 5.02 Å². The molecule has 8 heteroatoms. The van der Waals surface area contributed by atoms with Crippen molar-refractivity contribution in [2.45, 2.75) is 36.7 Å². The number of carbonyl (C=O) groups is 1. The number of rotatable bonds is 5. The van der Waals surface area contributed by atoms with Gasteiger partial charge in [-0.3, -0.25) is 0 Å². The average Bonchev–Trinajstić information content (AvgIpc) is 2.46. The van der Waals surface area contributed by atoms with Crippen LogP contribution in [0.3, 0.4) is 0 Å². The molecule has 2 atom stereocenters. The van der Waals surface area contributed by atoms with Gasteiger partial charge in [0.25, 0.3) is 0 Å². The van der Waals surface area contributed by atoms with Gasteiger partial charge in [0.1, 0.15) is 10.7 Å². The number of sulfonamides is 1. The molecule has 0 aliphatic carbocycles. The summed E-state index contributed by atoms with van der Waals surface area (Å²) in [4.78, 5) is 10.5. The highest BCUT2D eigenvalue weighted by Crippen LogP contribution is 2.31. The first-order valence-corrected chi connectivity index (χ1v) is 9.05. The van der Waals surface area contributed by atoms with Crippen LogP contribution in [-0.2, 0) is 10.0 Å². The molecule has 0 aromatic heterocycles. The summed E-state index contributed by atoms with van der Waals surface area (Å²) in [5, 5.41) is 8.75. The van der Waals surface area contributed by atoms with E-state index in [1.807, 2.05) is 6.08 Å². The summed E-state index contributed by atoms with van der Waals surface area (Å²) in [7, 11) is -4.25. The molecular weight excluding hydrogens is 357 g/mol. The van der Waals surface area contributed by atoms with E-state index < -0.39 is 44.4 Å². The van der Waals surface area contributed by atoms with Crippen LogP contribution in [0.25, 0.3) is 0 Å². The van der Waals surface area contributed by atoms with Crippen molar-refractivity contribution < 1.29 is 22.7 Å². The molecule has 0 unspecified atom stereocenters. The molecule has 1 aliphatic heterocycles. The molecule has 1 heterocycles. The molecular formula is C16H17ClFNO4S. The van der Waals surface area contributed by atoms with Crippen LogP contribution in [0.5, 0.6) is 0 Å². The molecule has 0 saturated carbocycles. The van der Waals surface area contributed by atoms with Crippen LogP contribution >= 0.6 is 11.6 Å².